The van der Waals surface area contributed by atoms with Crippen LogP contribution < -0.4 is 5.32 Å². The first-order valence-electron chi connectivity index (χ1n) is 9.88. The molecule has 0 saturated carbocycles. The molecule has 9 heteroatoms. The Kier molecular flexibility index (Phi) is 5.80. The van der Waals surface area contributed by atoms with Gasteiger partial charge in [-0.2, -0.15) is 0 Å². The highest BCUT2D eigenvalue weighted by Gasteiger charge is 2.42. The minimum absolute atomic E-state index is 0.0958. The van der Waals surface area contributed by atoms with E-state index in [1.807, 2.05) is 0 Å². The van der Waals surface area contributed by atoms with E-state index in [4.69, 9.17) is 0 Å². The second-order valence-electron chi connectivity index (χ2n) is 7.23. The number of imidazole rings is 1. The van der Waals surface area contributed by atoms with Crippen molar-refractivity contribution in [3.63, 3.8) is 0 Å². The third-order valence-electron chi connectivity index (χ3n) is 5.25. The molecule has 32 heavy (non-hydrogen) atoms. The van der Waals surface area contributed by atoms with Gasteiger partial charge in [-0.15, -0.1) is 0 Å². The lowest BCUT2D eigenvalue weighted by Crippen LogP contribution is -2.50. The number of aromatic amines is 1. The van der Waals surface area contributed by atoms with Crippen LogP contribution in [0.1, 0.15) is 42.3 Å². The van der Waals surface area contributed by atoms with E-state index in [0.29, 0.717) is 11.3 Å². The summed E-state index contributed by atoms with van der Waals surface area (Å²) in [6, 6.07) is 12.0. The van der Waals surface area contributed by atoms with Gasteiger partial charge in [0.2, 0.25) is 5.91 Å². The third kappa shape index (κ3) is 4.00. The van der Waals surface area contributed by atoms with E-state index in [9.17, 15) is 19.2 Å². The van der Waals surface area contributed by atoms with Gasteiger partial charge in [-0.25, -0.2) is 9.78 Å². The Morgan fingerprint density at radius 3 is 2.28 bits per heavy atom. The van der Waals surface area contributed by atoms with E-state index < -0.39 is 29.7 Å². The molecule has 0 saturated heterocycles. The maximum absolute atomic E-state index is 13.1. The van der Waals surface area contributed by atoms with E-state index in [0.717, 1.165) is 10.5 Å². The van der Waals surface area contributed by atoms with Gasteiger partial charge in [0.05, 0.1) is 30.1 Å². The summed E-state index contributed by atoms with van der Waals surface area (Å²) in [5, 5.41) is 2.78. The number of methoxy groups -OCH3 is 1. The fraction of sp³-hybridized carbons (Fsp3) is 0.174. The first-order chi connectivity index (χ1) is 15.5. The maximum atomic E-state index is 13.1. The summed E-state index contributed by atoms with van der Waals surface area (Å²) in [5.74, 6) is -1.95. The van der Waals surface area contributed by atoms with Crippen molar-refractivity contribution in [3.8, 4) is 0 Å². The van der Waals surface area contributed by atoms with Gasteiger partial charge in [-0.3, -0.25) is 19.3 Å². The van der Waals surface area contributed by atoms with Crippen LogP contribution in [0.3, 0.4) is 0 Å². The number of nitrogens with one attached hydrogen (secondary N) is 2. The van der Waals surface area contributed by atoms with Gasteiger partial charge < -0.3 is 15.0 Å². The molecule has 0 radical (unpaired) electrons. The summed E-state index contributed by atoms with van der Waals surface area (Å²) in [6.45, 7) is 0.156. The van der Waals surface area contributed by atoms with Crippen molar-refractivity contribution in [3.05, 3.63) is 89.0 Å². The Hall–Kier alpha value is -4.27. The smallest absolute Gasteiger partial charge is 0.337 e. The third-order valence-corrected chi connectivity index (χ3v) is 5.25. The summed E-state index contributed by atoms with van der Waals surface area (Å²) in [5.41, 5.74) is 2.31. The lowest BCUT2D eigenvalue weighted by atomic mass is 10.1. The molecule has 0 spiro atoms. The quantitative estimate of drug-likeness (QED) is 0.433. The molecule has 0 unspecified atom stereocenters. The zero-order valence-corrected chi connectivity index (χ0v) is 17.2. The van der Waals surface area contributed by atoms with E-state index >= 15 is 0 Å². The number of hydrogen-bond donors (Lipinski definition) is 2. The van der Waals surface area contributed by atoms with Crippen LogP contribution in [0, 0.1) is 0 Å². The highest BCUT2D eigenvalue weighted by Crippen LogP contribution is 2.26. The molecule has 0 aliphatic carbocycles. The van der Waals surface area contributed by atoms with Gasteiger partial charge in [-0.05, 0) is 29.8 Å². The lowest BCUT2D eigenvalue weighted by Gasteiger charge is -2.25. The van der Waals surface area contributed by atoms with Crippen LogP contribution in [0.25, 0.3) is 0 Å². The molecule has 0 fully saturated rings. The van der Waals surface area contributed by atoms with Gasteiger partial charge in [0, 0.05) is 24.9 Å². The predicted octanol–water partition coefficient (Wildman–Crippen LogP) is 1.72. The standard InChI is InChI=1S/C23H20N4O5/c1-32-23(31)15-8-6-14(7-9-15)11-25-20(28)19(10-16-12-24-13-26-16)27-21(29)17-4-2-3-5-18(17)22(27)30/h2-9,12-13,19H,10-11H2,1H3,(H,24,26)(H,25,28)/t19-/m1/s1. The molecule has 162 valence electrons. The largest absolute Gasteiger partial charge is 0.465 e. The Labute approximate surface area is 183 Å². The highest BCUT2D eigenvalue weighted by atomic mass is 16.5. The van der Waals surface area contributed by atoms with Crippen molar-refractivity contribution >= 4 is 23.7 Å². The zero-order chi connectivity index (χ0) is 22.7. The van der Waals surface area contributed by atoms with E-state index in [2.05, 4.69) is 20.0 Å². The van der Waals surface area contributed by atoms with Crippen molar-refractivity contribution in [1.82, 2.24) is 20.2 Å². The second-order valence-corrected chi connectivity index (χ2v) is 7.23. The molecule has 2 N–H and O–H groups in total. The zero-order valence-electron chi connectivity index (χ0n) is 17.2. The molecule has 2 aromatic carbocycles. The van der Waals surface area contributed by atoms with Crippen LogP contribution in [0.4, 0.5) is 0 Å². The molecule has 0 bridgehead atoms. The van der Waals surface area contributed by atoms with Crippen LogP contribution in [0.15, 0.2) is 61.1 Å². The van der Waals surface area contributed by atoms with Gasteiger partial charge in [-0.1, -0.05) is 24.3 Å². The highest BCUT2D eigenvalue weighted by molar-refractivity contribution is 6.22. The summed E-state index contributed by atoms with van der Waals surface area (Å²) in [7, 11) is 1.30. The number of esters is 1. The predicted molar refractivity (Wildman–Crippen MR) is 113 cm³/mol. The van der Waals surface area contributed by atoms with Crippen LogP contribution in [0.2, 0.25) is 0 Å². The monoisotopic (exact) mass is 432 g/mol. The van der Waals surface area contributed by atoms with Crippen LogP contribution in [-0.4, -0.2) is 51.7 Å². The van der Waals surface area contributed by atoms with Crippen molar-refractivity contribution in [1.29, 1.82) is 0 Å². The molecule has 1 aliphatic heterocycles. The second kappa shape index (κ2) is 8.84. The SMILES string of the molecule is COC(=O)c1ccc(CNC(=O)[C@@H](Cc2cnc[nH]2)N2C(=O)c3ccccc3C2=O)cc1. The molecular formula is C23H20N4O5. The average Bonchev–Trinajstić information content (AvgIpc) is 3.42. The Balaban J connectivity index is 1.53. The Morgan fingerprint density at radius 1 is 1.06 bits per heavy atom. The topological polar surface area (TPSA) is 121 Å². The number of carbonyl (C=O) groups excluding carboxylic acids is 4. The molecule has 1 atom stereocenters. The summed E-state index contributed by atoms with van der Waals surface area (Å²) >= 11 is 0. The molecule has 3 amide bonds. The summed E-state index contributed by atoms with van der Waals surface area (Å²) < 4.78 is 4.67. The van der Waals surface area contributed by atoms with Crippen LogP contribution in [0.5, 0.6) is 0 Å². The molecule has 1 aliphatic rings. The Bertz CT molecular complexity index is 1140. The summed E-state index contributed by atoms with van der Waals surface area (Å²) in [4.78, 5) is 58.4. The van der Waals surface area contributed by atoms with Crippen molar-refractivity contribution in [2.24, 2.45) is 0 Å². The number of H-pyrrole nitrogens is 1. The summed E-state index contributed by atoms with van der Waals surface area (Å²) in [6.07, 6.45) is 3.11. The fourth-order valence-corrected chi connectivity index (χ4v) is 3.58. The minimum atomic E-state index is -1.06. The minimum Gasteiger partial charge on any atom is -0.465 e. The maximum Gasteiger partial charge on any atom is 0.337 e. The molecule has 9 nitrogen and oxygen atoms in total. The van der Waals surface area contributed by atoms with E-state index in [-0.39, 0.29) is 24.1 Å². The van der Waals surface area contributed by atoms with Crippen molar-refractivity contribution in [2.45, 2.75) is 19.0 Å². The van der Waals surface area contributed by atoms with Crippen LogP contribution in [-0.2, 0) is 22.5 Å². The van der Waals surface area contributed by atoms with Gasteiger partial charge in [0.15, 0.2) is 0 Å². The first-order valence-corrected chi connectivity index (χ1v) is 9.88. The molecule has 4 rings (SSSR count). The van der Waals surface area contributed by atoms with Crippen molar-refractivity contribution < 1.29 is 23.9 Å². The lowest BCUT2D eigenvalue weighted by molar-refractivity contribution is -0.125. The van der Waals surface area contributed by atoms with Crippen LogP contribution >= 0.6 is 0 Å². The van der Waals surface area contributed by atoms with Gasteiger partial charge in [0.25, 0.3) is 11.8 Å². The first kappa shape index (κ1) is 21.0. The number of carbonyl (C=O) groups is 4. The van der Waals surface area contributed by atoms with Gasteiger partial charge >= 0.3 is 5.97 Å². The number of benzene rings is 2. The number of hydrogen-bond acceptors (Lipinski definition) is 6. The number of fused-ring (bicyclic) bond motifs is 1. The average molecular weight is 432 g/mol. The molecule has 3 aromatic rings. The number of nitrogens with zero attached hydrogens (tertiary/aromatic N) is 2. The fourth-order valence-electron chi connectivity index (χ4n) is 3.58. The number of amides is 3. The number of aromatic nitrogens is 2. The van der Waals surface area contributed by atoms with Gasteiger partial charge in [0.1, 0.15) is 6.04 Å². The van der Waals surface area contributed by atoms with E-state index in [1.165, 1.54) is 13.4 Å². The number of rotatable bonds is 7. The van der Waals surface area contributed by atoms with Crippen molar-refractivity contribution in [2.75, 3.05) is 7.11 Å². The van der Waals surface area contributed by atoms with E-state index in [1.54, 1.807) is 54.7 Å². The Morgan fingerprint density at radius 2 is 1.72 bits per heavy atom. The molecule has 1 aromatic heterocycles. The molecular weight excluding hydrogens is 412 g/mol. The number of ether oxygens (including phenoxy) is 1. The normalized spacial score (nSPS) is 13.6. The molecule has 2 heterocycles. The number of imide groups is 1.